The van der Waals surface area contributed by atoms with Crippen molar-refractivity contribution in [1.29, 1.82) is 10.5 Å². The van der Waals surface area contributed by atoms with E-state index < -0.39 is 0 Å². The number of aromatic amines is 4. The van der Waals surface area contributed by atoms with E-state index >= 15 is 0 Å². The van der Waals surface area contributed by atoms with Gasteiger partial charge in [0.05, 0.1) is 121 Å². The number of hydrogen-bond donors (Lipinski definition) is 7. The molecule has 10 N–H and O–H groups in total. The second kappa shape index (κ2) is 37.0. The molecule has 0 saturated carbocycles. The summed E-state index contributed by atoms with van der Waals surface area (Å²) in [6.07, 6.45) is 17.5. The van der Waals surface area contributed by atoms with Crippen LogP contribution in [0.2, 0.25) is 0 Å². The maximum atomic E-state index is 12.9. The van der Waals surface area contributed by atoms with Crippen LogP contribution in [0.3, 0.4) is 0 Å². The number of imide groups is 1. The van der Waals surface area contributed by atoms with Crippen molar-refractivity contribution in [3.63, 3.8) is 0 Å². The molecule has 0 unspecified atom stereocenters. The number of amides is 2. The fraction of sp³-hybridized carbons (Fsp3) is 0.0741. The average molecular weight is 1700 g/mol. The number of H-pyrrole nitrogens is 4. The molecule has 0 atom stereocenters. The molecule has 11 heterocycles. The van der Waals surface area contributed by atoms with Gasteiger partial charge < -0.3 is 44.6 Å². The number of nitrogens with one attached hydrogen (secondary N) is 4. The SMILES string of the molecule is NN.[C-]#[N+]c1ccc(-c2c3nc(c(-c4ccc(OC)cc4)c4ccc([nH]4)c(-c4ccc(C#N)cc4)c4nc(c(-c5ccc(OCCCN)cc5)c5ccc2[nH]5)C=C4)C=C3)cc1.[C-]#[N+]c1ccc(-c2c3nc(c(-c4ccc(OC)cc4)c4ccc([nH]4)c(-c4ccc(C#N)cc4)c4nc(c(-c5ccc(OCCCN6C(=O)c7ccccc7C6=O)cc5)c5ccc2[nH]5)C=C4)C=C3)cc1. The molecule has 130 heavy (non-hydrogen) atoms. The molecule has 2 amide bonds. The molecule has 628 valence electrons. The topological polar surface area (TPSA) is 323 Å². The molecule has 5 aliphatic heterocycles. The first-order valence-electron chi connectivity index (χ1n) is 41.9. The molecule has 16 bridgehead atoms. The van der Waals surface area contributed by atoms with E-state index in [2.05, 4.69) is 126 Å². The predicted molar refractivity (Wildman–Crippen MR) is 516 cm³/mol. The van der Waals surface area contributed by atoms with Crippen molar-refractivity contribution < 1.29 is 28.5 Å². The third-order valence-electron chi connectivity index (χ3n) is 23.0. The Balaban J connectivity index is 0.000000174. The molecule has 6 aromatic heterocycles. The number of carbonyl (C=O) groups is 2. The number of nitrogens with two attached hydrogens (primary N) is 3. The van der Waals surface area contributed by atoms with Crippen molar-refractivity contribution in [2.24, 2.45) is 17.4 Å². The summed E-state index contributed by atoms with van der Waals surface area (Å²) in [7, 11) is 3.31. The second-order valence-electron chi connectivity index (χ2n) is 30.7. The zero-order valence-electron chi connectivity index (χ0n) is 70.5. The van der Waals surface area contributed by atoms with Crippen LogP contribution in [0.4, 0.5) is 11.4 Å². The van der Waals surface area contributed by atoms with Gasteiger partial charge in [0.25, 0.3) is 11.8 Å². The molecule has 22 heteroatoms. The van der Waals surface area contributed by atoms with Crippen LogP contribution in [0.1, 0.15) is 90.2 Å². The number of rotatable bonds is 19. The van der Waals surface area contributed by atoms with Crippen molar-refractivity contribution >= 4 is 116 Å². The molecule has 20 rings (SSSR count). The van der Waals surface area contributed by atoms with E-state index in [9.17, 15) is 20.1 Å². The summed E-state index contributed by atoms with van der Waals surface area (Å²) in [6.45, 7) is 16.9. The number of nitriles is 2. The Morgan fingerprint density at radius 3 is 0.792 bits per heavy atom. The van der Waals surface area contributed by atoms with E-state index in [4.69, 9.17) is 57.8 Å². The summed E-state index contributed by atoms with van der Waals surface area (Å²) < 4.78 is 23.2. The maximum Gasteiger partial charge on any atom is 0.261 e. The summed E-state index contributed by atoms with van der Waals surface area (Å²) in [5.74, 6) is 10.3. The number of nitrogens with zero attached hydrogens (tertiary/aromatic N) is 9. The van der Waals surface area contributed by atoms with E-state index in [1.165, 1.54) is 4.90 Å². The number of carbonyl (C=O) groups excluding carboxylic acids is 2. The standard InChI is InChI=1S/C58H39N7O4.C50H37N7O2.H4N2/c1-60-40-18-12-37(13-19-40)54-47-26-30-50(63-47)55(38-14-20-41(68-2)21-15-38)49-28-24-45(61-49)53(36-10-8-35(34-59)9-11-36)46-25-29-51(62-46)56(52-31-27-48(54)64-52)39-16-22-42(23-17-39)69-33-5-32-65-57(66)43-6-3-4-7-44(43)58(65)67;1-53-36-14-8-33(9-15-36)48-41-22-26-44(56-41)49(34-10-16-37(58-2)17-11-34)43-24-20-39(54-43)47(32-6-4-31(30-52)5-7-32)40-21-25-45(55-40)50(46-27-23-42(48)57-46)35-12-18-38(19-13-35)59-29-3-28-51;1-2/h3-4,6-31,61,64H,5,32-33H2,2H3;4-27,54,57H,3,28-29,51H2,2H3;1-2H2. The zero-order chi connectivity index (χ0) is 89.3. The highest BCUT2D eigenvalue weighted by Crippen LogP contribution is 2.44. The Morgan fingerprint density at radius 2 is 0.562 bits per heavy atom. The van der Waals surface area contributed by atoms with E-state index in [0.29, 0.717) is 65.6 Å². The van der Waals surface area contributed by atoms with Gasteiger partial charge in [-0.15, -0.1) is 0 Å². The van der Waals surface area contributed by atoms with Crippen LogP contribution >= 0.6 is 0 Å². The number of fused-ring (bicyclic) bond motifs is 17. The summed E-state index contributed by atoms with van der Waals surface area (Å²) in [5.41, 5.74) is 35.9. The molecule has 15 aromatic rings. The highest BCUT2D eigenvalue weighted by Gasteiger charge is 2.35. The van der Waals surface area contributed by atoms with Gasteiger partial charge in [-0.05, 0) is 246 Å². The number of aromatic nitrogens is 8. The number of benzene rings is 9. The van der Waals surface area contributed by atoms with Crippen molar-refractivity contribution in [3.05, 3.63) is 358 Å². The van der Waals surface area contributed by atoms with Crippen molar-refractivity contribution in [2.45, 2.75) is 12.8 Å². The van der Waals surface area contributed by atoms with Gasteiger partial charge in [0.1, 0.15) is 23.0 Å². The average Bonchev–Trinajstić information content (AvgIpc) is 1.61. The van der Waals surface area contributed by atoms with Crippen molar-refractivity contribution in [1.82, 2.24) is 44.8 Å². The lowest BCUT2D eigenvalue weighted by molar-refractivity contribution is 0.0646. The minimum atomic E-state index is -0.280. The van der Waals surface area contributed by atoms with Gasteiger partial charge in [-0.25, -0.2) is 29.6 Å². The molecule has 0 fully saturated rings. The van der Waals surface area contributed by atoms with E-state index in [1.807, 2.05) is 218 Å². The third kappa shape index (κ3) is 16.7. The second-order valence-corrected chi connectivity index (χ2v) is 30.7. The highest BCUT2D eigenvalue weighted by molar-refractivity contribution is 6.21. The molecule has 5 aliphatic rings. The number of ether oxygens (including phenoxy) is 4. The zero-order valence-corrected chi connectivity index (χ0v) is 70.5. The van der Waals surface area contributed by atoms with Crippen LogP contribution in [0.5, 0.6) is 23.0 Å². The van der Waals surface area contributed by atoms with Crippen LogP contribution in [0.25, 0.3) is 191 Å². The van der Waals surface area contributed by atoms with Gasteiger partial charge in [-0.3, -0.25) is 26.2 Å². The third-order valence-corrected chi connectivity index (χ3v) is 23.0. The Hall–Kier alpha value is -17.6. The van der Waals surface area contributed by atoms with Crippen LogP contribution in [0.15, 0.2) is 267 Å². The van der Waals surface area contributed by atoms with E-state index in [-0.39, 0.29) is 18.4 Å². The summed E-state index contributed by atoms with van der Waals surface area (Å²) >= 11 is 0. The molecule has 22 nitrogen and oxygen atoms in total. The molecule has 0 saturated heterocycles. The summed E-state index contributed by atoms with van der Waals surface area (Å²) in [6, 6.07) is 90.0. The lowest BCUT2D eigenvalue weighted by atomic mass is 10.0. The fourth-order valence-electron chi connectivity index (χ4n) is 16.7. The van der Waals surface area contributed by atoms with E-state index in [1.54, 1.807) is 38.5 Å². The lowest BCUT2D eigenvalue weighted by Crippen LogP contribution is -2.31. The van der Waals surface area contributed by atoms with Gasteiger partial charge >= 0.3 is 0 Å². The molecular weight excluding hydrogens is 1620 g/mol. The smallest absolute Gasteiger partial charge is 0.261 e. The number of methoxy groups -OCH3 is 2. The molecule has 0 radical (unpaired) electrons. The summed E-state index contributed by atoms with van der Waals surface area (Å²) in [5, 5.41) is 19.3. The predicted octanol–water partition coefficient (Wildman–Crippen LogP) is 23.1. The van der Waals surface area contributed by atoms with Crippen LogP contribution in [0, 0.1) is 35.8 Å². The number of hydrazine groups is 1. The van der Waals surface area contributed by atoms with Gasteiger partial charge in [-0.1, -0.05) is 133 Å². The highest BCUT2D eigenvalue weighted by atomic mass is 16.5. The molecule has 0 spiro atoms. The van der Waals surface area contributed by atoms with Gasteiger partial charge in [-0.2, -0.15) is 10.5 Å². The Labute approximate surface area is 747 Å². The largest absolute Gasteiger partial charge is 0.497 e. The quantitative estimate of drug-likeness (QED) is 0.0130. The molecule has 9 aromatic carbocycles. The monoisotopic (exact) mass is 1700 g/mol. The van der Waals surface area contributed by atoms with Crippen molar-refractivity contribution in [3.8, 4) is 124 Å². The fourth-order valence-corrected chi connectivity index (χ4v) is 16.7. The van der Waals surface area contributed by atoms with Gasteiger partial charge in [0, 0.05) is 95.2 Å². The minimum Gasteiger partial charge on any atom is -0.497 e. The Morgan fingerprint density at radius 1 is 0.331 bits per heavy atom. The minimum absolute atomic E-state index is 0.250. The first-order valence-corrected chi connectivity index (χ1v) is 41.9. The van der Waals surface area contributed by atoms with Crippen molar-refractivity contribution in [2.75, 3.05) is 40.5 Å². The normalized spacial score (nSPS) is 11.9. The first-order chi connectivity index (χ1) is 63.9. The Bertz CT molecular complexity index is 7500. The summed E-state index contributed by atoms with van der Waals surface area (Å²) in [4.78, 5) is 70.9. The Kier molecular flexibility index (Phi) is 23.7. The van der Waals surface area contributed by atoms with Crippen LogP contribution in [-0.4, -0.2) is 97.1 Å². The van der Waals surface area contributed by atoms with Gasteiger partial charge in [0.15, 0.2) is 11.4 Å². The maximum absolute atomic E-state index is 12.9. The first kappa shape index (κ1) is 83.3. The molecule has 0 aliphatic carbocycles. The van der Waals surface area contributed by atoms with Crippen LogP contribution in [-0.2, 0) is 0 Å². The number of hydrogen-bond acceptors (Lipinski definition) is 15. The molecular formula is C108H80N16O6. The lowest BCUT2D eigenvalue weighted by Gasteiger charge is -2.14. The van der Waals surface area contributed by atoms with Crippen LogP contribution < -0.4 is 36.4 Å². The van der Waals surface area contributed by atoms with Gasteiger partial charge in [0.2, 0.25) is 0 Å². The van der Waals surface area contributed by atoms with E-state index in [0.717, 1.165) is 202 Å².